The van der Waals surface area contributed by atoms with Crippen LogP contribution in [0.15, 0.2) is 33.7 Å². The zero-order valence-electron chi connectivity index (χ0n) is 16.9. The highest BCUT2D eigenvalue weighted by molar-refractivity contribution is 7.89. The Balaban J connectivity index is 1.60. The van der Waals surface area contributed by atoms with E-state index in [0.717, 1.165) is 0 Å². The van der Waals surface area contributed by atoms with Gasteiger partial charge in [-0.05, 0) is 32.9 Å². The van der Waals surface area contributed by atoms with Gasteiger partial charge in [0.15, 0.2) is 5.76 Å². The molecule has 3 rings (SSSR count). The molecule has 1 aromatic carbocycles. The first-order valence-corrected chi connectivity index (χ1v) is 10.8. The number of nitrogens with zero attached hydrogens (tertiary/aromatic N) is 4. The van der Waals surface area contributed by atoms with Gasteiger partial charge in [0.2, 0.25) is 15.9 Å². The number of sulfonamides is 1. The van der Waals surface area contributed by atoms with Crippen LogP contribution in [0.25, 0.3) is 0 Å². The van der Waals surface area contributed by atoms with Crippen LogP contribution in [0.4, 0.5) is 11.4 Å². The highest BCUT2D eigenvalue weighted by Crippen LogP contribution is 2.24. The molecular weight excluding hydrogens is 414 g/mol. The first-order valence-electron chi connectivity index (χ1n) is 9.33. The Morgan fingerprint density at radius 2 is 1.80 bits per heavy atom. The van der Waals surface area contributed by atoms with Gasteiger partial charge in [-0.25, -0.2) is 8.42 Å². The number of rotatable bonds is 6. The number of hydrogen-bond acceptors (Lipinski definition) is 8. The molecule has 0 aliphatic carbocycles. The molecule has 1 amide bonds. The van der Waals surface area contributed by atoms with E-state index in [1.54, 1.807) is 20.8 Å². The fourth-order valence-corrected chi connectivity index (χ4v) is 5.10. The summed E-state index contributed by atoms with van der Waals surface area (Å²) in [5.74, 6) is -0.0170. The molecule has 1 fully saturated rings. The van der Waals surface area contributed by atoms with Gasteiger partial charge < -0.3 is 9.84 Å². The number of aromatic nitrogens is 1. The molecule has 162 valence electrons. The smallest absolute Gasteiger partial charge is 0.269 e. The van der Waals surface area contributed by atoms with E-state index in [-0.39, 0.29) is 35.3 Å². The monoisotopic (exact) mass is 437 g/mol. The predicted octanol–water partition coefficient (Wildman–Crippen LogP) is 1.53. The third kappa shape index (κ3) is 4.35. The van der Waals surface area contributed by atoms with E-state index in [1.165, 1.54) is 28.6 Å². The van der Waals surface area contributed by atoms with Crippen LogP contribution >= 0.6 is 0 Å². The Morgan fingerprint density at radius 1 is 1.20 bits per heavy atom. The lowest BCUT2D eigenvalue weighted by Gasteiger charge is -2.36. The van der Waals surface area contributed by atoms with E-state index in [0.29, 0.717) is 24.5 Å². The highest BCUT2D eigenvalue weighted by atomic mass is 32.2. The number of nitro groups is 1. The average molecular weight is 437 g/mol. The number of carbonyl (C=O) groups is 1. The quantitative estimate of drug-likeness (QED) is 0.530. The van der Waals surface area contributed by atoms with Crippen LogP contribution < -0.4 is 5.32 Å². The summed E-state index contributed by atoms with van der Waals surface area (Å²) in [6.07, 6.45) is 0. The second-order valence-corrected chi connectivity index (χ2v) is 8.94. The number of aryl methyl sites for hydroxylation is 2. The molecule has 1 aliphatic heterocycles. The Labute approximate surface area is 173 Å². The van der Waals surface area contributed by atoms with E-state index in [1.807, 2.05) is 4.90 Å². The Hall–Kier alpha value is -2.83. The molecule has 1 unspecified atom stereocenters. The number of piperazine rings is 1. The number of non-ortho nitro benzene ring substituents is 1. The molecule has 30 heavy (non-hydrogen) atoms. The van der Waals surface area contributed by atoms with Crippen LogP contribution in [0.3, 0.4) is 0 Å². The van der Waals surface area contributed by atoms with Crippen LogP contribution in [0.5, 0.6) is 0 Å². The van der Waals surface area contributed by atoms with Crippen LogP contribution in [-0.4, -0.2) is 65.8 Å². The lowest BCUT2D eigenvalue weighted by Crippen LogP contribution is -2.54. The molecule has 11 nitrogen and oxygen atoms in total. The Bertz CT molecular complexity index is 1020. The summed E-state index contributed by atoms with van der Waals surface area (Å²) in [5.41, 5.74) is 0.722. The topological polar surface area (TPSA) is 139 Å². The van der Waals surface area contributed by atoms with Crippen molar-refractivity contribution >= 4 is 27.3 Å². The van der Waals surface area contributed by atoms with Gasteiger partial charge >= 0.3 is 0 Å². The van der Waals surface area contributed by atoms with Gasteiger partial charge in [0.25, 0.3) is 5.69 Å². The van der Waals surface area contributed by atoms with Gasteiger partial charge in [-0.1, -0.05) is 5.16 Å². The maximum absolute atomic E-state index is 12.9. The second kappa shape index (κ2) is 8.50. The first-order chi connectivity index (χ1) is 14.1. The van der Waals surface area contributed by atoms with Gasteiger partial charge in [-0.2, -0.15) is 4.31 Å². The summed E-state index contributed by atoms with van der Waals surface area (Å²) < 4.78 is 32.2. The molecule has 2 aromatic rings. The summed E-state index contributed by atoms with van der Waals surface area (Å²) in [4.78, 5) is 24.7. The average Bonchev–Trinajstić information content (AvgIpc) is 3.06. The van der Waals surface area contributed by atoms with Crippen molar-refractivity contribution in [3.8, 4) is 0 Å². The number of hydrogen-bond donors (Lipinski definition) is 1. The van der Waals surface area contributed by atoms with Crippen molar-refractivity contribution in [2.45, 2.75) is 31.7 Å². The lowest BCUT2D eigenvalue weighted by atomic mass is 10.2. The summed E-state index contributed by atoms with van der Waals surface area (Å²) >= 11 is 0. The van der Waals surface area contributed by atoms with Crippen molar-refractivity contribution in [2.75, 3.05) is 31.5 Å². The van der Waals surface area contributed by atoms with E-state index in [9.17, 15) is 23.3 Å². The molecular formula is C18H23N5O6S. The minimum atomic E-state index is -3.71. The molecule has 0 radical (unpaired) electrons. The number of nitro benzene ring substituents is 1. The van der Waals surface area contributed by atoms with Crippen LogP contribution in [-0.2, 0) is 14.8 Å². The molecule has 2 heterocycles. The standard InChI is InChI=1S/C18H23N5O6S/c1-12-17(14(3)29-20-12)30(27,28)22-10-8-21(9-11-22)13(2)18(24)19-15-4-6-16(7-5-15)23(25)26/h4-7,13H,8-11H2,1-3H3,(H,19,24). The number of anilines is 1. The molecule has 0 saturated carbocycles. The van der Waals surface area contributed by atoms with E-state index < -0.39 is 21.0 Å². The van der Waals surface area contributed by atoms with Gasteiger partial charge in [0.1, 0.15) is 10.6 Å². The van der Waals surface area contributed by atoms with Gasteiger partial charge in [-0.3, -0.25) is 19.8 Å². The summed E-state index contributed by atoms with van der Waals surface area (Å²) in [6, 6.07) is 5.08. The zero-order chi connectivity index (χ0) is 22.1. The Kier molecular flexibility index (Phi) is 6.19. The number of carbonyl (C=O) groups excluding carboxylic acids is 1. The fourth-order valence-electron chi connectivity index (χ4n) is 3.38. The van der Waals surface area contributed by atoms with E-state index in [4.69, 9.17) is 4.52 Å². The number of nitrogens with one attached hydrogen (secondary N) is 1. The second-order valence-electron chi connectivity index (χ2n) is 7.06. The van der Waals surface area contributed by atoms with Gasteiger partial charge in [-0.15, -0.1) is 0 Å². The lowest BCUT2D eigenvalue weighted by molar-refractivity contribution is -0.384. The minimum Gasteiger partial charge on any atom is -0.360 e. The van der Waals surface area contributed by atoms with E-state index in [2.05, 4.69) is 10.5 Å². The largest absolute Gasteiger partial charge is 0.360 e. The van der Waals surface area contributed by atoms with Crippen LogP contribution in [0.1, 0.15) is 18.4 Å². The molecule has 0 spiro atoms. The van der Waals surface area contributed by atoms with Crippen molar-refractivity contribution in [3.05, 3.63) is 45.8 Å². The molecule has 1 aliphatic rings. The van der Waals surface area contributed by atoms with Crippen LogP contribution in [0, 0.1) is 24.0 Å². The van der Waals surface area contributed by atoms with E-state index >= 15 is 0 Å². The normalized spacial score (nSPS) is 16.9. The summed E-state index contributed by atoms with van der Waals surface area (Å²) in [6.45, 7) is 6.13. The predicted molar refractivity (Wildman–Crippen MR) is 107 cm³/mol. The maximum Gasteiger partial charge on any atom is 0.269 e. The van der Waals surface area contributed by atoms with Crippen molar-refractivity contribution < 1.29 is 22.7 Å². The van der Waals surface area contributed by atoms with Crippen molar-refractivity contribution in [1.82, 2.24) is 14.4 Å². The molecule has 1 atom stereocenters. The van der Waals surface area contributed by atoms with Gasteiger partial charge in [0, 0.05) is 44.0 Å². The molecule has 0 bridgehead atoms. The first kappa shape index (κ1) is 21.9. The summed E-state index contributed by atoms with van der Waals surface area (Å²) in [7, 11) is -3.71. The highest BCUT2D eigenvalue weighted by Gasteiger charge is 2.35. The third-order valence-electron chi connectivity index (χ3n) is 5.11. The third-order valence-corrected chi connectivity index (χ3v) is 7.26. The Morgan fingerprint density at radius 3 is 2.30 bits per heavy atom. The fraction of sp³-hybridized carbons (Fsp3) is 0.444. The van der Waals surface area contributed by atoms with Crippen molar-refractivity contribution in [3.63, 3.8) is 0 Å². The zero-order valence-corrected chi connectivity index (χ0v) is 17.7. The maximum atomic E-state index is 12.9. The van der Waals surface area contributed by atoms with Crippen molar-refractivity contribution in [2.24, 2.45) is 0 Å². The minimum absolute atomic E-state index is 0.0586. The molecule has 12 heteroatoms. The number of amides is 1. The summed E-state index contributed by atoms with van der Waals surface area (Å²) in [5, 5.41) is 17.2. The molecule has 1 saturated heterocycles. The SMILES string of the molecule is Cc1noc(C)c1S(=O)(=O)N1CCN(C(C)C(=O)Nc2ccc([N+](=O)[O-])cc2)CC1. The van der Waals surface area contributed by atoms with Crippen LogP contribution in [0.2, 0.25) is 0 Å². The molecule has 1 aromatic heterocycles. The molecule has 1 N–H and O–H groups in total. The number of benzene rings is 1. The van der Waals surface area contributed by atoms with Gasteiger partial charge in [0.05, 0.1) is 11.0 Å². The van der Waals surface area contributed by atoms with Crippen molar-refractivity contribution in [1.29, 1.82) is 0 Å².